The van der Waals surface area contributed by atoms with Crippen LogP contribution in [0.25, 0.3) is 0 Å². The van der Waals surface area contributed by atoms with Gasteiger partial charge in [-0.3, -0.25) is 14.4 Å². The summed E-state index contributed by atoms with van der Waals surface area (Å²) in [5.74, 6) is 1.47. The van der Waals surface area contributed by atoms with Crippen molar-refractivity contribution in [2.24, 2.45) is 40.4 Å². The molecule has 0 aliphatic heterocycles. The lowest BCUT2D eigenvalue weighted by Crippen LogP contribution is -2.57. The van der Waals surface area contributed by atoms with Gasteiger partial charge in [-0.05, 0) is 93.8 Å². The van der Waals surface area contributed by atoms with Crippen molar-refractivity contribution in [3.63, 3.8) is 0 Å². The van der Waals surface area contributed by atoms with E-state index < -0.39 is 17.7 Å². The average molecular weight is 563 g/mol. The van der Waals surface area contributed by atoms with Gasteiger partial charge in [0.05, 0.1) is 0 Å². The van der Waals surface area contributed by atoms with Crippen molar-refractivity contribution < 1.29 is 33.0 Å². The molecule has 5 unspecified atom stereocenters. The SMILES string of the molecule is CC(=O)OC1CC2=CCC3C4CC[C@H]([C@H](C)CCC(OC(C)=O)C(C)(C)F)[C@@]4(C)CCC3[C@@]2(C)[C@@H](OC(C)=O)C1. The Labute approximate surface area is 240 Å². The molecule has 0 radical (unpaired) electrons. The highest BCUT2D eigenvalue weighted by atomic mass is 19.1. The fourth-order valence-electron chi connectivity index (χ4n) is 9.69. The molecule has 0 aromatic carbocycles. The lowest BCUT2D eigenvalue weighted by molar-refractivity contribution is -0.172. The monoisotopic (exact) mass is 562 g/mol. The van der Waals surface area contributed by atoms with Gasteiger partial charge in [0.15, 0.2) is 0 Å². The van der Waals surface area contributed by atoms with Crippen LogP contribution in [0.5, 0.6) is 0 Å². The first-order valence-corrected chi connectivity index (χ1v) is 15.5. The summed E-state index contributed by atoms with van der Waals surface area (Å²) in [7, 11) is 0. The van der Waals surface area contributed by atoms with E-state index in [1.54, 1.807) is 0 Å². The van der Waals surface area contributed by atoms with E-state index in [9.17, 15) is 18.8 Å². The first-order valence-electron chi connectivity index (χ1n) is 15.5. The third-order valence-electron chi connectivity index (χ3n) is 11.5. The Bertz CT molecular complexity index is 1010. The minimum absolute atomic E-state index is 0.205. The van der Waals surface area contributed by atoms with Crippen LogP contribution in [0.2, 0.25) is 0 Å². The van der Waals surface area contributed by atoms with Crippen molar-refractivity contribution in [2.75, 3.05) is 0 Å². The van der Waals surface area contributed by atoms with Gasteiger partial charge < -0.3 is 14.2 Å². The van der Waals surface area contributed by atoms with E-state index in [0.717, 1.165) is 32.1 Å². The molecular weight excluding hydrogens is 511 g/mol. The van der Waals surface area contributed by atoms with Gasteiger partial charge in [0.25, 0.3) is 0 Å². The normalized spacial score (nSPS) is 38.6. The molecule has 0 spiro atoms. The Morgan fingerprint density at radius 2 is 1.68 bits per heavy atom. The maximum Gasteiger partial charge on any atom is 0.303 e. The molecule has 0 aromatic heterocycles. The van der Waals surface area contributed by atoms with Crippen molar-refractivity contribution in [1.82, 2.24) is 0 Å². The van der Waals surface area contributed by atoms with Crippen LogP contribution in [0.15, 0.2) is 11.6 Å². The largest absolute Gasteiger partial charge is 0.462 e. The summed E-state index contributed by atoms with van der Waals surface area (Å²) in [6.45, 7) is 14.3. The summed E-state index contributed by atoms with van der Waals surface area (Å²) in [6.07, 6.45) is 9.29. The van der Waals surface area contributed by atoms with Crippen LogP contribution < -0.4 is 0 Å². The molecule has 10 atom stereocenters. The number of allylic oxidation sites excluding steroid dienone is 1. The van der Waals surface area contributed by atoms with Crippen molar-refractivity contribution >= 4 is 17.9 Å². The van der Waals surface area contributed by atoms with Crippen LogP contribution in [-0.2, 0) is 28.6 Å². The minimum atomic E-state index is -1.57. The van der Waals surface area contributed by atoms with E-state index >= 15 is 0 Å². The third kappa shape index (κ3) is 5.86. The molecule has 6 nitrogen and oxygen atoms in total. The molecule has 3 fully saturated rings. The van der Waals surface area contributed by atoms with Gasteiger partial charge in [-0.25, -0.2) is 4.39 Å². The molecule has 0 N–H and O–H groups in total. The molecule has 3 saturated carbocycles. The van der Waals surface area contributed by atoms with Crippen LogP contribution >= 0.6 is 0 Å². The Morgan fingerprint density at radius 3 is 2.27 bits per heavy atom. The van der Waals surface area contributed by atoms with E-state index in [1.165, 1.54) is 46.6 Å². The Morgan fingerprint density at radius 1 is 1.00 bits per heavy atom. The van der Waals surface area contributed by atoms with Gasteiger partial charge in [0, 0.05) is 39.0 Å². The van der Waals surface area contributed by atoms with E-state index in [-0.39, 0.29) is 35.0 Å². The first kappa shape index (κ1) is 31.0. The van der Waals surface area contributed by atoms with E-state index in [4.69, 9.17) is 14.2 Å². The third-order valence-corrected chi connectivity index (χ3v) is 11.5. The zero-order valence-corrected chi connectivity index (χ0v) is 25.9. The standard InChI is InChI=1S/C33H51FO6/c1-19(9-14-29(31(5,6)34)39-21(3)36)26-12-13-27-25-11-10-23-17-24(38-20(2)35)18-30(40-22(4)37)33(23,8)28(25)15-16-32(26,27)7/h10,19,24-30H,9,11-18H2,1-8H3/t19-,24?,25?,26-,27?,28?,29?,30+,32-,33+/m1/s1. The summed E-state index contributed by atoms with van der Waals surface area (Å²) in [5, 5.41) is 0. The predicted molar refractivity (Wildman–Crippen MR) is 151 cm³/mol. The quantitative estimate of drug-likeness (QED) is 0.178. The molecule has 0 bridgehead atoms. The Hall–Kier alpha value is -1.92. The van der Waals surface area contributed by atoms with Gasteiger partial charge in [-0.1, -0.05) is 32.4 Å². The smallest absolute Gasteiger partial charge is 0.303 e. The maximum atomic E-state index is 14.8. The number of rotatable bonds is 8. The van der Waals surface area contributed by atoms with Gasteiger partial charge >= 0.3 is 17.9 Å². The fraction of sp³-hybridized carbons (Fsp3) is 0.848. The number of carbonyl (C=O) groups excluding carboxylic acids is 3. The van der Waals surface area contributed by atoms with Gasteiger partial charge in [0.1, 0.15) is 24.0 Å². The molecule has 0 saturated heterocycles. The van der Waals surface area contributed by atoms with E-state index in [2.05, 4.69) is 26.8 Å². The summed E-state index contributed by atoms with van der Waals surface area (Å²) >= 11 is 0. The molecule has 4 rings (SSSR count). The lowest BCUT2D eigenvalue weighted by atomic mass is 9.46. The van der Waals surface area contributed by atoms with E-state index in [1.807, 2.05) is 0 Å². The summed E-state index contributed by atoms with van der Waals surface area (Å²) in [6, 6.07) is 0. The predicted octanol–water partition coefficient (Wildman–Crippen LogP) is 7.13. The van der Waals surface area contributed by atoms with Crippen molar-refractivity contribution in [1.29, 1.82) is 0 Å². The lowest BCUT2D eigenvalue weighted by Gasteiger charge is -2.60. The van der Waals surface area contributed by atoms with Crippen LogP contribution in [-0.4, -0.2) is 41.9 Å². The van der Waals surface area contributed by atoms with Crippen LogP contribution in [0.1, 0.15) is 113 Å². The van der Waals surface area contributed by atoms with Gasteiger partial charge in [-0.15, -0.1) is 0 Å². The number of esters is 3. The van der Waals surface area contributed by atoms with Gasteiger partial charge in [-0.2, -0.15) is 0 Å². The minimum Gasteiger partial charge on any atom is -0.462 e. The van der Waals surface area contributed by atoms with Crippen LogP contribution in [0.3, 0.4) is 0 Å². The molecule has 0 aromatic rings. The number of carbonyl (C=O) groups is 3. The molecule has 4 aliphatic rings. The molecular formula is C33H51FO6. The molecule has 4 aliphatic carbocycles. The number of alkyl halides is 1. The molecule has 0 amide bonds. The zero-order chi connectivity index (χ0) is 29.6. The average Bonchev–Trinajstić information content (AvgIpc) is 3.18. The second-order valence-corrected chi connectivity index (χ2v) is 14.3. The maximum absolute atomic E-state index is 14.8. The highest BCUT2D eigenvalue weighted by Crippen LogP contribution is 2.67. The molecule has 0 heterocycles. The highest BCUT2D eigenvalue weighted by Gasteiger charge is 2.62. The number of ether oxygens (including phenoxy) is 3. The van der Waals surface area contributed by atoms with Crippen LogP contribution in [0, 0.1) is 40.4 Å². The summed E-state index contributed by atoms with van der Waals surface area (Å²) < 4.78 is 31.8. The summed E-state index contributed by atoms with van der Waals surface area (Å²) in [5.41, 5.74) is -0.328. The van der Waals surface area contributed by atoms with Crippen molar-refractivity contribution in [3.8, 4) is 0 Å². The molecule has 7 heteroatoms. The zero-order valence-electron chi connectivity index (χ0n) is 25.9. The first-order chi connectivity index (χ1) is 18.6. The van der Waals surface area contributed by atoms with Crippen molar-refractivity contribution in [3.05, 3.63) is 11.6 Å². The number of fused-ring (bicyclic) bond motifs is 5. The van der Waals surface area contributed by atoms with E-state index in [0.29, 0.717) is 48.9 Å². The Kier molecular flexibility index (Phi) is 8.84. The fourth-order valence-corrected chi connectivity index (χ4v) is 9.69. The second-order valence-electron chi connectivity index (χ2n) is 14.3. The second kappa shape index (κ2) is 11.4. The Balaban J connectivity index is 1.53. The van der Waals surface area contributed by atoms with Gasteiger partial charge in [0.2, 0.25) is 0 Å². The molecule has 226 valence electrons. The summed E-state index contributed by atoms with van der Waals surface area (Å²) in [4.78, 5) is 35.5. The number of halogens is 1. The van der Waals surface area contributed by atoms with Crippen molar-refractivity contribution in [2.45, 2.75) is 137 Å². The topological polar surface area (TPSA) is 78.9 Å². The number of hydrogen-bond acceptors (Lipinski definition) is 6. The highest BCUT2D eigenvalue weighted by molar-refractivity contribution is 5.67. The van der Waals surface area contributed by atoms with Crippen LogP contribution in [0.4, 0.5) is 4.39 Å². The number of hydrogen-bond donors (Lipinski definition) is 0. The molecule has 40 heavy (non-hydrogen) atoms.